The van der Waals surface area contributed by atoms with Gasteiger partial charge in [-0.2, -0.15) is 0 Å². The fraction of sp³-hybridized carbons (Fsp3) is 0.300. The van der Waals surface area contributed by atoms with Crippen molar-refractivity contribution in [3.63, 3.8) is 0 Å². The van der Waals surface area contributed by atoms with Crippen LogP contribution < -0.4 is 4.90 Å². The lowest BCUT2D eigenvalue weighted by Gasteiger charge is -2.24. The average molecular weight is 382 g/mol. The largest absolute Gasteiger partial charge is 0.465 e. The number of carbonyl (C=O) groups is 2. The summed E-state index contributed by atoms with van der Waals surface area (Å²) in [7, 11) is 2.95. The highest BCUT2D eigenvalue weighted by molar-refractivity contribution is 5.89. The Morgan fingerprint density at radius 2 is 1.86 bits per heavy atom. The van der Waals surface area contributed by atoms with E-state index < -0.39 is 17.7 Å². The highest BCUT2D eigenvalue weighted by atomic mass is 16.6. The molecule has 3 rings (SSSR count). The first-order valence-electron chi connectivity index (χ1n) is 8.68. The van der Waals surface area contributed by atoms with Crippen LogP contribution in [0, 0.1) is 0 Å². The van der Waals surface area contributed by atoms with Crippen molar-refractivity contribution in [2.24, 2.45) is 0 Å². The minimum atomic E-state index is -0.578. The van der Waals surface area contributed by atoms with Gasteiger partial charge < -0.3 is 13.9 Å². The summed E-state index contributed by atoms with van der Waals surface area (Å²) in [4.78, 5) is 34.0. The number of amides is 1. The third-order valence-electron chi connectivity index (χ3n) is 3.93. The molecular formula is C20H22N4O4. The van der Waals surface area contributed by atoms with Crippen LogP contribution in [0.4, 0.5) is 10.6 Å². The molecular weight excluding hydrogens is 360 g/mol. The van der Waals surface area contributed by atoms with Crippen molar-refractivity contribution in [3.05, 3.63) is 48.4 Å². The van der Waals surface area contributed by atoms with Gasteiger partial charge in [0.15, 0.2) is 0 Å². The first-order chi connectivity index (χ1) is 13.2. The van der Waals surface area contributed by atoms with Crippen LogP contribution in [0.15, 0.2) is 42.9 Å². The lowest BCUT2D eigenvalue weighted by atomic mass is 10.2. The van der Waals surface area contributed by atoms with E-state index in [1.54, 1.807) is 48.2 Å². The maximum absolute atomic E-state index is 12.2. The van der Waals surface area contributed by atoms with Crippen LogP contribution in [0.25, 0.3) is 16.9 Å². The lowest BCUT2D eigenvalue weighted by Crippen LogP contribution is -2.34. The van der Waals surface area contributed by atoms with Gasteiger partial charge in [-0.15, -0.1) is 0 Å². The van der Waals surface area contributed by atoms with E-state index in [1.165, 1.54) is 12.0 Å². The molecule has 1 amide bonds. The molecule has 0 spiro atoms. The first kappa shape index (κ1) is 19.3. The van der Waals surface area contributed by atoms with Crippen LogP contribution in [0.5, 0.6) is 0 Å². The van der Waals surface area contributed by atoms with Gasteiger partial charge in [-0.25, -0.2) is 19.6 Å². The van der Waals surface area contributed by atoms with Crippen molar-refractivity contribution in [1.82, 2.24) is 14.4 Å². The number of anilines is 1. The molecule has 0 saturated heterocycles. The van der Waals surface area contributed by atoms with E-state index in [4.69, 9.17) is 9.47 Å². The zero-order chi connectivity index (χ0) is 20.5. The molecule has 0 aliphatic carbocycles. The number of aromatic nitrogens is 3. The zero-order valence-electron chi connectivity index (χ0n) is 16.5. The molecule has 3 heterocycles. The number of nitrogens with zero attached hydrogens (tertiary/aromatic N) is 4. The summed E-state index contributed by atoms with van der Waals surface area (Å²) in [5, 5.41) is 0. The monoisotopic (exact) mass is 382 g/mol. The second kappa shape index (κ2) is 7.30. The van der Waals surface area contributed by atoms with Crippen LogP contribution in [0.3, 0.4) is 0 Å². The summed E-state index contributed by atoms with van der Waals surface area (Å²) in [5.41, 5.74) is 2.03. The standard InChI is InChI=1S/C20H22N4O4/c1-20(2,3)28-19(26)23(4)16-8-6-13(10-21-16)15-12-24-11-14(18(25)27-5)7-9-17(24)22-15/h6-12H,1-5H3. The molecule has 0 fully saturated rings. The molecule has 3 aromatic rings. The van der Waals surface area contributed by atoms with Crippen molar-refractivity contribution in [2.45, 2.75) is 26.4 Å². The van der Waals surface area contributed by atoms with Gasteiger partial charge in [-0.1, -0.05) is 0 Å². The Morgan fingerprint density at radius 3 is 2.46 bits per heavy atom. The van der Waals surface area contributed by atoms with Gasteiger partial charge in [0.1, 0.15) is 17.1 Å². The second-order valence-electron chi connectivity index (χ2n) is 7.25. The summed E-state index contributed by atoms with van der Waals surface area (Å²) in [6.45, 7) is 5.43. The SMILES string of the molecule is COC(=O)c1ccc2nc(-c3ccc(N(C)C(=O)OC(C)(C)C)nc3)cn2c1. The van der Waals surface area contributed by atoms with Gasteiger partial charge in [0.25, 0.3) is 0 Å². The molecule has 0 atom stereocenters. The normalized spacial score (nSPS) is 11.3. The molecule has 8 nitrogen and oxygen atoms in total. The minimum Gasteiger partial charge on any atom is -0.465 e. The molecule has 0 saturated carbocycles. The van der Waals surface area contributed by atoms with Crippen LogP contribution in [-0.4, -0.2) is 46.2 Å². The molecule has 0 bridgehead atoms. The van der Waals surface area contributed by atoms with E-state index in [0.717, 1.165) is 5.56 Å². The van der Waals surface area contributed by atoms with Crippen molar-refractivity contribution >= 4 is 23.5 Å². The van der Waals surface area contributed by atoms with Crippen LogP contribution in [0.2, 0.25) is 0 Å². The summed E-state index contributed by atoms with van der Waals surface area (Å²) in [5.74, 6) is 0.0584. The second-order valence-corrected chi connectivity index (χ2v) is 7.25. The Bertz CT molecular complexity index is 1020. The molecule has 8 heteroatoms. The molecule has 0 aliphatic heterocycles. The maximum Gasteiger partial charge on any atom is 0.415 e. The molecule has 3 aromatic heterocycles. The zero-order valence-corrected chi connectivity index (χ0v) is 16.5. The molecule has 0 radical (unpaired) electrons. The number of hydrogen-bond acceptors (Lipinski definition) is 6. The summed E-state index contributed by atoms with van der Waals surface area (Å²) in [6, 6.07) is 6.96. The Hall–Kier alpha value is -3.42. The number of esters is 1. The minimum absolute atomic E-state index is 0.409. The van der Waals surface area contributed by atoms with Gasteiger partial charge >= 0.3 is 12.1 Å². The number of rotatable bonds is 3. The van der Waals surface area contributed by atoms with Crippen molar-refractivity contribution in [2.75, 3.05) is 19.1 Å². The maximum atomic E-state index is 12.2. The van der Waals surface area contributed by atoms with Crippen LogP contribution in [0.1, 0.15) is 31.1 Å². The van der Waals surface area contributed by atoms with E-state index in [2.05, 4.69) is 9.97 Å². The Labute approximate surface area is 162 Å². The van der Waals surface area contributed by atoms with Gasteiger partial charge in [-0.3, -0.25) is 4.90 Å². The summed E-state index contributed by atoms with van der Waals surface area (Å²) < 4.78 is 11.8. The van der Waals surface area contributed by atoms with Gasteiger partial charge in [0, 0.05) is 31.2 Å². The van der Waals surface area contributed by atoms with E-state index in [-0.39, 0.29) is 0 Å². The number of pyridine rings is 2. The fourth-order valence-electron chi connectivity index (χ4n) is 2.53. The van der Waals surface area contributed by atoms with Crippen LogP contribution >= 0.6 is 0 Å². The van der Waals surface area contributed by atoms with E-state index >= 15 is 0 Å². The average Bonchev–Trinajstić information content (AvgIpc) is 3.08. The topological polar surface area (TPSA) is 86.0 Å². The smallest absolute Gasteiger partial charge is 0.415 e. The number of carbonyl (C=O) groups excluding carboxylic acids is 2. The molecule has 0 unspecified atom stereocenters. The van der Waals surface area contributed by atoms with E-state index in [1.807, 2.05) is 26.8 Å². The van der Waals surface area contributed by atoms with Crippen molar-refractivity contribution in [3.8, 4) is 11.3 Å². The van der Waals surface area contributed by atoms with E-state index in [0.29, 0.717) is 22.7 Å². The third-order valence-corrected chi connectivity index (χ3v) is 3.93. The van der Waals surface area contributed by atoms with Gasteiger partial charge in [0.05, 0.1) is 18.4 Å². The van der Waals surface area contributed by atoms with Gasteiger partial charge in [0.2, 0.25) is 0 Å². The molecule has 0 aromatic carbocycles. The summed E-state index contributed by atoms with van der Waals surface area (Å²) in [6.07, 6.45) is 4.63. The van der Waals surface area contributed by atoms with Crippen molar-refractivity contribution < 1.29 is 19.1 Å². The van der Waals surface area contributed by atoms with Gasteiger partial charge in [-0.05, 0) is 45.0 Å². The fourth-order valence-corrected chi connectivity index (χ4v) is 2.53. The Morgan fingerprint density at radius 1 is 1.11 bits per heavy atom. The third kappa shape index (κ3) is 4.11. The number of imidazole rings is 1. The van der Waals surface area contributed by atoms with Crippen molar-refractivity contribution in [1.29, 1.82) is 0 Å². The highest BCUT2D eigenvalue weighted by Crippen LogP contribution is 2.22. The first-order valence-corrected chi connectivity index (χ1v) is 8.68. The molecule has 0 aliphatic rings. The number of methoxy groups -OCH3 is 1. The van der Waals surface area contributed by atoms with Crippen LogP contribution in [-0.2, 0) is 9.47 Å². The predicted octanol–water partition coefficient (Wildman–Crippen LogP) is 3.55. The highest BCUT2D eigenvalue weighted by Gasteiger charge is 2.21. The number of hydrogen-bond donors (Lipinski definition) is 0. The quantitative estimate of drug-likeness (QED) is 0.644. The number of fused-ring (bicyclic) bond motifs is 1. The van der Waals surface area contributed by atoms with E-state index in [9.17, 15) is 9.59 Å². The molecule has 146 valence electrons. The molecule has 28 heavy (non-hydrogen) atoms. The predicted molar refractivity (Wildman–Crippen MR) is 104 cm³/mol. The summed E-state index contributed by atoms with van der Waals surface area (Å²) >= 11 is 0. The Balaban J connectivity index is 1.83. The lowest BCUT2D eigenvalue weighted by molar-refractivity contribution is 0.0582. The molecule has 0 N–H and O–H groups in total. The Kier molecular flexibility index (Phi) is 5.04. The number of ether oxygens (including phenoxy) is 2.